The molecule has 1 aromatic rings. The molecule has 1 aromatic carbocycles. The molecule has 2 N–H and O–H groups in total. The molecule has 1 aliphatic carbocycles. The maximum atomic E-state index is 12.8. The van der Waals surface area contributed by atoms with Crippen molar-refractivity contribution in [2.45, 2.75) is 50.6 Å². The van der Waals surface area contributed by atoms with E-state index in [9.17, 15) is 28.2 Å². The minimum Gasteiger partial charge on any atom is -0.406 e. The van der Waals surface area contributed by atoms with Gasteiger partial charge >= 0.3 is 6.36 Å². The first-order valence-corrected chi connectivity index (χ1v) is 11.6. The van der Waals surface area contributed by atoms with Crippen molar-refractivity contribution in [3.8, 4) is 5.75 Å². The van der Waals surface area contributed by atoms with E-state index in [1.54, 1.807) is 11.0 Å². The molecule has 2 saturated heterocycles. The molecule has 3 fully saturated rings. The summed E-state index contributed by atoms with van der Waals surface area (Å²) in [6, 6.07) is 5.44. The van der Waals surface area contributed by atoms with Crippen LogP contribution in [0, 0.1) is 5.41 Å². The number of alkyl halides is 3. The second-order valence-electron chi connectivity index (χ2n) is 9.42. The molecule has 2 atom stereocenters. The van der Waals surface area contributed by atoms with Gasteiger partial charge in [0, 0.05) is 50.9 Å². The minimum absolute atomic E-state index is 0.0742. The minimum atomic E-state index is -4.76. The van der Waals surface area contributed by atoms with E-state index < -0.39 is 6.36 Å². The number of ether oxygens (including phenoxy) is 1. The number of halogens is 3. The Morgan fingerprint density at radius 1 is 1.15 bits per heavy atom. The first kappa shape index (κ1) is 24.1. The lowest BCUT2D eigenvalue weighted by atomic mass is 9.90. The molecule has 0 radical (unpaired) electrons. The third kappa shape index (κ3) is 5.91. The first-order valence-electron chi connectivity index (χ1n) is 11.6. The summed E-state index contributed by atoms with van der Waals surface area (Å²) in [6.07, 6.45) is -1.04. The van der Waals surface area contributed by atoms with Crippen LogP contribution in [0.25, 0.3) is 0 Å². The van der Waals surface area contributed by atoms with Crippen LogP contribution < -0.4 is 9.64 Å². The van der Waals surface area contributed by atoms with Gasteiger partial charge in [-0.2, -0.15) is 0 Å². The smallest absolute Gasteiger partial charge is 0.406 e. The summed E-state index contributed by atoms with van der Waals surface area (Å²) in [6.45, 7) is 3.30. The number of carbonyl (C=O) groups is 1. The van der Waals surface area contributed by atoms with Crippen LogP contribution in [0.15, 0.2) is 24.3 Å². The Morgan fingerprint density at radius 3 is 2.61 bits per heavy atom. The molecule has 10 heteroatoms. The number of hydrogen-bond donors (Lipinski definition) is 2. The fraction of sp³-hybridized carbons (Fsp3) is 0.696. The predicted molar refractivity (Wildman–Crippen MR) is 116 cm³/mol. The molecule has 7 nitrogen and oxygen atoms in total. The lowest BCUT2D eigenvalue weighted by Gasteiger charge is -2.38. The first-order chi connectivity index (χ1) is 15.7. The zero-order valence-corrected chi connectivity index (χ0v) is 18.6. The topological polar surface area (TPSA) is 76.5 Å². The van der Waals surface area contributed by atoms with Crippen LogP contribution in [0.3, 0.4) is 0 Å². The van der Waals surface area contributed by atoms with Gasteiger partial charge in [-0.25, -0.2) is 0 Å². The molecule has 3 aliphatic rings. The Balaban J connectivity index is 1.33. The normalized spacial score (nSPS) is 24.6. The van der Waals surface area contributed by atoms with Crippen LogP contribution >= 0.6 is 0 Å². The van der Waals surface area contributed by atoms with E-state index in [1.165, 1.54) is 18.2 Å². The molecule has 0 aromatic heterocycles. The Kier molecular flexibility index (Phi) is 7.07. The molecule has 4 rings (SSSR count). The molecule has 2 aliphatic heterocycles. The summed E-state index contributed by atoms with van der Waals surface area (Å²) < 4.78 is 41.7. The Labute approximate surface area is 191 Å². The summed E-state index contributed by atoms with van der Waals surface area (Å²) in [5.41, 5.74) is 0.697. The number of likely N-dealkylation sites (tertiary alicyclic amines) is 1. The summed E-state index contributed by atoms with van der Waals surface area (Å²) in [5.74, 6) is -0.368. The second-order valence-corrected chi connectivity index (χ2v) is 9.42. The monoisotopic (exact) mass is 471 g/mol. The number of benzene rings is 1. The van der Waals surface area contributed by atoms with E-state index in [4.69, 9.17) is 0 Å². The van der Waals surface area contributed by atoms with Crippen LogP contribution in [0.5, 0.6) is 5.75 Å². The van der Waals surface area contributed by atoms with Gasteiger partial charge in [0.2, 0.25) is 5.91 Å². The summed E-state index contributed by atoms with van der Waals surface area (Å²) in [7, 11) is 0. The molecule has 1 unspecified atom stereocenters. The summed E-state index contributed by atoms with van der Waals surface area (Å²) >= 11 is 0. The standard InChI is InChI=1S/C23H32F3N3O4/c24-23(25,26)33-19-3-1-2-17(14-19)28-10-5-21(32)29(13-12-28)18(16-30)4-9-27-11-8-22(6-7-22)20(31)15-27/h1-3,14,18,20,30-31H,4-13,15-16H2/t18-,20?/m0/s1. The van der Waals surface area contributed by atoms with Gasteiger partial charge in [0.1, 0.15) is 5.75 Å². The van der Waals surface area contributed by atoms with Gasteiger partial charge in [-0.15, -0.1) is 13.2 Å². The van der Waals surface area contributed by atoms with Crippen molar-refractivity contribution in [2.75, 3.05) is 50.8 Å². The molecular weight excluding hydrogens is 439 g/mol. The molecule has 184 valence electrons. The van der Waals surface area contributed by atoms with E-state index in [2.05, 4.69) is 9.64 Å². The average molecular weight is 472 g/mol. The van der Waals surface area contributed by atoms with Gasteiger partial charge in [0.25, 0.3) is 0 Å². The quantitative estimate of drug-likeness (QED) is 0.635. The number of anilines is 1. The van der Waals surface area contributed by atoms with Crippen LogP contribution in [-0.4, -0.2) is 90.3 Å². The third-order valence-electron chi connectivity index (χ3n) is 7.33. The van der Waals surface area contributed by atoms with Crippen molar-refractivity contribution in [3.63, 3.8) is 0 Å². The van der Waals surface area contributed by atoms with Gasteiger partial charge in [-0.3, -0.25) is 4.79 Å². The lowest BCUT2D eigenvalue weighted by molar-refractivity contribution is -0.274. The maximum absolute atomic E-state index is 12.8. The number of hydrogen-bond acceptors (Lipinski definition) is 6. The molecule has 33 heavy (non-hydrogen) atoms. The van der Waals surface area contributed by atoms with Gasteiger partial charge < -0.3 is 29.6 Å². The van der Waals surface area contributed by atoms with Crippen LogP contribution in [0.4, 0.5) is 18.9 Å². The number of aliphatic hydroxyl groups is 2. The number of rotatable bonds is 7. The van der Waals surface area contributed by atoms with Gasteiger partial charge in [0.05, 0.1) is 18.8 Å². The van der Waals surface area contributed by atoms with Crippen LogP contribution in [0.1, 0.15) is 32.1 Å². The number of β-amino-alcohol motifs (C(OH)–C–C–N with tert-alkyl or cyclic N) is 1. The van der Waals surface area contributed by atoms with E-state index in [0.29, 0.717) is 44.8 Å². The predicted octanol–water partition coefficient (Wildman–Crippen LogP) is 2.22. The van der Waals surface area contributed by atoms with Gasteiger partial charge in [-0.05, 0) is 49.8 Å². The fourth-order valence-electron chi connectivity index (χ4n) is 5.06. The van der Waals surface area contributed by atoms with Crippen molar-refractivity contribution in [1.82, 2.24) is 9.80 Å². The molecule has 1 amide bonds. The average Bonchev–Trinajstić information content (AvgIpc) is 3.56. The highest BCUT2D eigenvalue weighted by Crippen LogP contribution is 2.53. The van der Waals surface area contributed by atoms with E-state index >= 15 is 0 Å². The molecule has 1 saturated carbocycles. The van der Waals surface area contributed by atoms with Crippen molar-refractivity contribution in [2.24, 2.45) is 5.41 Å². The third-order valence-corrected chi connectivity index (χ3v) is 7.33. The SMILES string of the molecule is O=C1CCN(c2cccc(OC(F)(F)F)c2)CCN1[C@H](CO)CCN1CCC2(CC2)C(O)C1. The lowest BCUT2D eigenvalue weighted by Crippen LogP contribution is -2.48. The molecule has 0 bridgehead atoms. The van der Waals surface area contributed by atoms with Crippen molar-refractivity contribution in [3.05, 3.63) is 24.3 Å². The van der Waals surface area contributed by atoms with Gasteiger partial charge in [0.15, 0.2) is 0 Å². The maximum Gasteiger partial charge on any atom is 0.573 e. The van der Waals surface area contributed by atoms with Crippen LogP contribution in [0.2, 0.25) is 0 Å². The van der Waals surface area contributed by atoms with E-state index in [-0.39, 0.29) is 42.2 Å². The second kappa shape index (κ2) is 9.68. The largest absolute Gasteiger partial charge is 0.573 e. The van der Waals surface area contributed by atoms with Crippen molar-refractivity contribution in [1.29, 1.82) is 0 Å². The summed E-state index contributed by atoms with van der Waals surface area (Å²) in [5, 5.41) is 20.4. The Hall–Kier alpha value is -2.04. The zero-order valence-electron chi connectivity index (χ0n) is 18.6. The van der Waals surface area contributed by atoms with E-state index in [0.717, 1.165) is 25.8 Å². The molecule has 2 heterocycles. The number of carbonyl (C=O) groups excluding carboxylic acids is 1. The number of piperidine rings is 1. The fourth-order valence-corrected chi connectivity index (χ4v) is 5.06. The highest BCUT2D eigenvalue weighted by atomic mass is 19.4. The zero-order chi connectivity index (χ0) is 23.6. The number of nitrogens with zero attached hydrogens (tertiary/aromatic N) is 3. The van der Waals surface area contributed by atoms with Crippen LogP contribution in [-0.2, 0) is 4.79 Å². The Bertz CT molecular complexity index is 833. The van der Waals surface area contributed by atoms with Crippen molar-refractivity contribution < 1.29 is 32.9 Å². The summed E-state index contributed by atoms with van der Waals surface area (Å²) in [4.78, 5) is 18.6. The highest BCUT2D eigenvalue weighted by molar-refractivity contribution is 5.78. The highest BCUT2D eigenvalue weighted by Gasteiger charge is 2.51. The number of amides is 1. The van der Waals surface area contributed by atoms with E-state index in [1.807, 2.05) is 4.90 Å². The number of aliphatic hydroxyl groups excluding tert-OH is 2. The molecule has 1 spiro atoms. The van der Waals surface area contributed by atoms with Gasteiger partial charge in [-0.1, -0.05) is 6.07 Å². The Morgan fingerprint density at radius 2 is 1.94 bits per heavy atom. The molecular formula is C23H32F3N3O4. The van der Waals surface area contributed by atoms with Crippen molar-refractivity contribution >= 4 is 11.6 Å².